The lowest BCUT2D eigenvalue weighted by Gasteiger charge is -2.32. The minimum atomic E-state index is -0.247. The van der Waals surface area contributed by atoms with E-state index in [-0.39, 0.29) is 6.10 Å². The van der Waals surface area contributed by atoms with Crippen LogP contribution in [0.2, 0.25) is 0 Å². The van der Waals surface area contributed by atoms with Crippen LogP contribution < -0.4 is 5.32 Å². The molecule has 0 radical (unpaired) electrons. The number of nitrogens with one attached hydrogen (secondary N) is 1. The highest BCUT2D eigenvalue weighted by molar-refractivity contribution is 4.85. The molecule has 2 heterocycles. The van der Waals surface area contributed by atoms with Crippen LogP contribution in [0.4, 0.5) is 0 Å². The van der Waals surface area contributed by atoms with Crippen LogP contribution in [0.25, 0.3) is 0 Å². The van der Waals surface area contributed by atoms with Gasteiger partial charge in [0, 0.05) is 38.8 Å². The summed E-state index contributed by atoms with van der Waals surface area (Å²) in [5.41, 5.74) is 0. The van der Waals surface area contributed by atoms with Crippen molar-refractivity contribution in [2.45, 2.75) is 18.6 Å². The van der Waals surface area contributed by atoms with E-state index in [9.17, 15) is 5.11 Å². The fraction of sp³-hybridized carbons (Fsp3) is 1.00. The number of likely N-dealkylation sites (N-methyl/N-ethyl adjacent to an activating group) is 1. The van der Waals surface area contributed by atoms with E-state index in [1.807, 2.05) is 7.05 Å². The van der Waals surface area contributed by atoms with E-state index in [2.05, 4.69) is 15.1 Å². The molecule has 0 aromatic carbocycles. The van der Waals surface area contributed by atoms with Crippen LogP contribution in [0.15, 0.2) is 0 Å². The number of aliphatic hydroxyl groups is 1. The summed E-state index contributed by atoms with van der Waals surface area (Å²) in [7, 11) is 1.88. The Bertz CT molecular complexity index is 222. The molecule has 5 heteroatoms. The molecule has 2 N–H and O–H groups in total. The highest BCUT2D eigenvalue weighted by atomic mass is 16.5. The molecule has 2 unspecified atom stereocenters. The fourth-order valence-electron chi connectivity index (χ4n) is 2.82. The highest BCUT2D eigenvalue weighted by Gasteiger charge is 2.29. The first-order chi connectivity index (χ1) is 8.29. The van der Waals surface area contributed by atoms with Crippen molar-refractivity contribution in [3.63, 3.8) is 0 Å². The molecule has 2 saturated heterocycles. The van der Waals surface area contributed by atoms with Crippen molar-refractivity contribution >= 4 is 0 Å². The van der Waals surface area contributed by atoms with Gasteiger partial charge in [0.15, 0.2) is 0 Å². The van der Waals surface area contributed by atoms with E-state index in [1.165, 1.54) is 6.42 Å². The van der Waals surface area contributed by atoms with Gasteiger partial charge in [0.1, 0.15) is 0 Å². The normalized spacial score (nSPS) is 29.6. The molecular formula is C12H25N3O2. The second-order valence-corrected chi connectivity index (χ2v) is 5.06. The Morgan fingerprint density at radius 2 is 2.12 bits per heavy atom. The van der Waals surface area contributed by atoms with Gasteiger partial charge in [-0.3, -0.25) is 9.80 Å². The summed E-state index contributed by atoms with van der Waals surface area (Å²) in [6, 6.07) is 0.667. The summed E-state index contributed by atoms with van der Waals surface area (Å²) < 4.78 is 5.38. The first-order valence-corrected chi connectivity index (χ1v) is 6.66. The zero-order valence-corrected chi connectivity index (χ0v) is 10.8. The zero-order chi connectivity index (χ0) is 12.1. The summed E-state index contributed by atoms with van der Waals surface area (Å²) in [5.74, 6) is 0. The van der Waals surface area contributed by atoms with E-state index in [4.69, 9.17) is 4.74 Å². The van der Waals surface area contributed by atoms with Crippen molar-refractivity contribution in [3.05, 3.63) is 0 Å². The molecule has 17 heavy (non-hydrogen) atoms. The van der Waals surface area contributed by atoms with Gasteiger partial charge in [-0.2, -0.15) is 0 Å². The van der Waals surface area contributed by atoms with Crippen LogP contribution >= 0.6 is 0 Å². The van der Waals surface area contributed by atoms with Crippen LogP contribution in [0, 0.1) is 0 Å². The average Bonchev–Trinajstić information content (AvgIpc) is 2.79. The molecule has 0 aliphatic carbocycles. The molecule has 2 atom stereocenters. The van der Waals surface area contributed by atoms with Gasteiger partial charge < -0.3 is 15.2 Å². The van der Waals surface area contributed by atoms with Crippen LogP contribution in [0.5, 0.6) is 0 Å². The van der Waals surface area contributed by atoms with Gasteiger partial charge in [0.05, 0.1) is 19.3 Å². The molecule has 100 valence electrons. The second kappa shape index (κ2) is 6.66. The fourth-order valence-corrected chi connectivity index (χ4v) is 2.82. The number of likely N-dealkylation sites (tertiary alicyclic amines) is 1. The molecule has 0 amide bonds. The molecule has 2 aliphatic rings. The van der Waals surface area contributed by atoms with Crippen LogP contribution in [-0.4, -0.2) is 86.6 Å². The van der Waals surface area contributed by atoms with Crippen molar-refractivity contribution in [3.8, 4) is 0 Å². The van der Waals surface area contributed by atoms with Crippen LogP contribution in [-0.2, 0) is 4.74 Å². The maximum atomic E-state index is 9.77. The molecule has 2 aliphatic heterocycles. The van der Waals surface area contributed by atoms with E-state index in [1.54, 1.807) is 0 Å². The predicted octanol–water partition coefficient (Wildman–Crippen LogP) is -1.03. The number of ether oxygens (including phenoxy) is 1. The van der Waals surface area contributed by atoms with Gasteiger partial charge in [0.25, 0.3) is 0 Å². The molecule has 0 bridgehead atoms. The molecule has 5 nitrogen and oxygen atoms in total. The number of rotatable bonds is 5. The van der Waals surface area contributed by atoms with Gasteiger partial charge in [0.2, 0.25) is 0 Å². The molecule has 0 aromatic rings. The summed E-state index contributed by atoms with van der Waals surface area (Å²) in [4.78, 5) is 4.91. The second-order valence-electron chi connectivity index (χ2n) is 5.06. The predicted molar refractivity (Wildman–Crippen MR) is 67.2 cm³/mol. The van der Waals surface area contributed by atoms with Crippen LogP contribution in [0.3, 0.4) is 0 Å². The van der Waals surface area contributed by atoms with Crippen molar-refractivity contribution in [2.24, 2.45) is 0 Å². The van der Waals surface area contributed by atoms with Crippen molar-refractivity contribution in [1.82, 2.24) is 15.1 Å². The van der Waals surface area contributed by atoms with Crippen molar-refractivity contribution in [2.75, 3.05) is 59.5 Å². The Morgan fingerprint density at radius 3 is 2.82 bits per heavy atom. The molecular weight excluding hydrogens is 218 g/mol. The molecule has 2 fully saturated rings. The van der Waals surface area contributed by atoms with Gasteiger partial charge in [-0.15, -0.1) is 0 Å². The van der Waals surface area contributed by atoms with E-state index >= 15 is 0 Å². The third-order valence-corrected chi connectivity index (χ3v) is 3.72. The minimum absolute atomic E-state index is 0.247. The summed E-state index contributed by atoms with van der Waals surface area (Å²) in [6.07, 6.45) is 0.982. The number of nitrogens with zero attached hydrogens (tertiary/aromatic N) is 2. The number of morpholine rings is 1. The number of hydrogen-bond donors (Lipinski definition) is 2. The monoisotopic (exact) mass is 243 g/mol. The molecule has 0 saturated carbocycles. The first-order valence-electron chi connectivity index (χ1n) is 6.66. The van der Waals surface area contributed by atoms with E-state index in [0.717, 1.165) is 45.9 Å². The highest BCUT2D eigenvalue weighted by Crippen LogP contribution is 2.16. The smallest absolute Gasteiger partial charge is 0.0791 e. The van der Waals surface area contributed by atoms with Gasteiger partial charge in [-0.05, 0) is 20.0 Å². The average molecular weight is 243 g/mol. The first kappa shape index (κ1) is 13.2. The van der Waals surface area contributed by atoms with E-state index in [0.29, 0.717) is 12.6 Å². The minimum Gasteiger partial charge on any atom is -0.390 e. The van der Waals surface area contributed by atoms with Crippen LogP contribution in [0.1, 0.15) is 6.42 Å². The Balaban J connectivity index is 1.71. The summed E-state index contributed by atoms with van der Waals surface area (Å²) in [6.45, 7) is 7.57. The Labute approximate surface area is 104 Å². The lowest BCUT2D eigenvalue weighted by molar-refractivity contribution is 0.0175. The van der Waals surface area contributed by atoms with Gasteiger partial charge in [-0.25, -0.2) is 0 Å². The topological polar surface area (TPSA) is 48.0 Å². The van der Waals surface area contributed by atoms with E-state index < -0.39 is 0 Å². The summed E-state index contributed by atoms with van der Waals surface area (Å²) in [5, 5.41) is 12.8. The molecule has 0 aromatic heterocycles. The lowest BCUT2D eigenvalue weighted by atomic mass is 10.2. The van der Waals surface area contributed by atoms with Gasteiger partial charge in [-0.1, -0.05) is 0 Å². The maximum Gasteiger partial charge on any atom is 0.0791 e. The third kappa shape index (κ3) is 3.89. The largest absolute Gasteiger partial charge is 0.390 e. The Hall–Kier alpha value is -0.200. The quantitative estimate of drug-likeness (QED) is 0.647. The number of hydrogen-bond acceptors (Lipinski definition) is 5. The molecule has 2 rings (SSSR count). The lowest BCUT2D eigenvalue weighted by Crippen LogP contribution is -2.45. The zero-order valence-electron chi connectivity index (χ0n) is 10.8. The Kier molecular flexibility index (Phi) is 5.18. The maximum absolute atomic E-state index is 9.77. The Morgan fingerprint density at radius 1 is 1.35 bits per heavy atom. The number of aliphatic hydroxyl groups excluding tert-OH is 1. The SMILES string of the molecule is CNCC(O)CN1CCC(N2CCOCC2)C1. The third-order valence-electron chi connectivity index (χ3n) is 3.72. The van der Waals surface area contributed by atoms with Crippen molar-refractivity contribution in [1.29, 1.82) is 0 Å². The van der Waals surface area contributed by atoms with Gasteiger partial charge >= 0.3 is 0 Å². The van der Waals surface area contributed by atoms with Crippen molar-refractivity contribution < 1.29 is 9.84 Å². The summed E-state index contributed by atoms with van der Waals surface area (Å²) >= 11 is 0. The molecule has 0 spiro atoms. The number of β-amino-alcohol motifs (C(OH)–C–C–N with tert-alkyl or cyclic N) is 1. The standard InChI is InChI=1S/C12H25N3O2/c1-13-8-12(16)10-14-3-2-11(9-14)15-4-6-17-7-5-15/h11-13,16H,2-10H2,1H3.